The maximum atomic E-state index is 11.4. The second kappa shape index (κ2) is 5.69. The lowest BCUT2D eigenvalue weighted by molar-refractivity contribution is -0.385. The summed E-state index contributed by atoms with van der Waals surface area (Å²) in [5, 5.41) is 13.0. The smallest absolute Gasteiger partial charge is 0.305 e. The lowest BCUT2D eigenvalue weighted by atomic mass is 10.5. The molecule has 1 aromatic heterocycles. The van der Waals surface area contributed by atoms with Crippen molar-refractivity contribution in [3.05, 3.63) is 22.5 Å². The Morgan fingerprint density at radius 2 is 1.94 bits per heavy atom. The maximum absolute atomic E-state index is 11.4. The zero-order valence-electron chi connectivity index (χ0n) is 9.90. The minimum Gasteiger partial charge on any atom is -0.353 e. The van der Waals surface area contributed by atoms with Crippen molar-refractivity contribution in [2.75, 3.05) is 31.7 Å². The van der Waals surface area contributed by atoms with Crippen LogP contribution in [0.2, 0.25) is 0 Å². The maximum Gasteiger partial charge on any atom is 0.305 e. The average Bonchev–Trinajstić information content (AvgIpc) is 2.29. The fourth-order valence-corrected chi connectivity index (χ4v) is 1.71. The quantitative estimate of drug-likeness (QED) is 0.558. The SMILES string of the molecule is CN(C)S(=O)(=O)CCNc1ncc([N+](=O)[O-])cn1. The van der Waals surface area contributed by atoms with Gasteiger partial charge in [-0.15, -0.1) is 0 Å². The summed E-state index contributed by atoms with van der Waals surface area (Å²) in [4.78, 5) is 17.1. The van der Waals surface area contributed by atoms with Crippen LogP contribution in [0, 0.1) is 10.1 Å². The van der Waals surface area contributed by atoms with Gasteiger partial charge in [0.2, 0.25) is 16.0 Å². The zero-order chi connectivity index (χ0) is 13.8. The van der Waals surface area contributed by atoms with Crippen LogP contribution < -0.4 is 5.32 Å². The summed E-state index contributed by atoms with van der Waals surface area (Å²) in [5.74, 6) is 0.0370. The fraction of sp³-hybridized carbons (Fsp3) is 0.500. The molecule has 0 amide bonds. The van der Waals surface area contributed by atoms with E-state index in [1.165, 1.54) is 14.1 Å². The van der Waals surface area contributed by atoms with Gasteiger partial charge in [-0.25, -0.2) is 22.7 Å². The van der Waals surface area contributed by atoms with Crippen LogP contribution in [0.5, 0.6) is 0 Å². The van der Waals surface area contributed by atoms with Gasteiger partial charge in [0.1, 0.15) is 12.4 Å². The highest BCUT2D eigenvalue weighted by Crippen LogP contribution is 2.07. The van der Waals surface area contributed by atoms with Crippen LogP contribution in [0.3, 0.4) is 0 Å². The van der Waals surface area contributed by atoms with E-state index in [1.54, 1.807) is 0 Å². The van der Waals surface area contributed by atoms with E-state index in [1.807, 2.05) is 0 Å². The van der Waals surface area contributed by atoms with Crippen molar-refractivity contribution in [1.82, 2.24) is 14.3 Å². The molecule has 0 fully saturated rings. The summed E-state index contributed by atoms with van der Waals surface area (Å²) in [6, 6.07) is 0. The monoisotopic (exact) mass is 275 g/mol. The summed E-state index contributed by atoms with van der Waals surface area (Å²) < 4.78 is 24.0. The first-order chi connectivity index (χ1) is 8.33. The predicted octanol–water partition coefficient (Wildman–Crippen LogP) is -0.312. The molecule has 0 atom stereocenters. The van der Waals surface area contributed by atoms with E-state index in [-0.39, 0.29) is 23.9 Å². The van der Waals surface area contributed by atoms with Gasteiger partial charge < -0.3 is 5.32 Å². The molecule has 0 saturated heterocycles. The third kappa shape index (κ3) is 3.89. The van der Waals surface area contributed by atoms with Gasteiger partial charge in [-0.1, -0.05) is 0 Å². The van der Waals surface area contributed by atoms with Crippen molar-refractivity contribution >= 4 is 21.7 Å². The van der Waals surface area contributed by atoms with E-state index in [0.717, 1.165) is 16.7 Å². The first-order valence-corrected chi connectivity index (χ1v) is 6.54. The number of nitrogens with one attached hydrogen (secondary N) is 1. The Kier molecular flexibility index (Phi) is 4.50. The molecular weight excluding hydrogens is 262 g/mol. The molecule has 0 saturated carbocycles. The van der Waals surface area contributed by atoms with Gasteiger partial charge in [-0.2, -0.15) is 0 Å². The molecule has 9 nitrogen and oxygen atoms in total. The molecule has 0 aliphatic rings. The number of aromatic nitrogens is 2. The van der Waals surface area contributed by atoms with E-state index in [4.69, 9.17) is 0 Å². The van der Waals surface area contributed by atoms with Gasteiger partial charge >= 0.3 is 5.69 Å². The van der Waals surface area contributed by atoms with Crippen LogP contribution in [0.15, 0.2) is 12.4 Å². The number of rotatable bonds is 6. The number of nitro groups is 1. The molecule has 18 heavy (non-hydrogen) atoms. The molecule has 0 aliphatic heterocycles. The average molecular weight is 275 g/mol. The molecule has 1 N–H and O–H groups in total. The first-order valence-electron chi connectivity index (χ1n) is 4.93. The standard InChI is InChI=1S/C8H13N5O4S/c1-12(2)18(16,17)4-3-9-8-10-5-7(6-11-8)13(14)15/h5-6H,3-4H2,1-2H3,(H,9,10,11). The van der Waals surface area contributed by atoms with Crippen molar-refractivity contribution in [3.63, 3.8) is 0 Å². The van der Waals surface area contributed by atoms with Crippen LogP contribution in [-0.4, -0.2) is 54.0 Å². The van der Waals surface area contributed by atoms with Crippen molar-refractivity contribution < 1.29 is 13.3 Å². The third-order valence-corrected chi connectivity index (χ3v) is 3.88. The molecule has 10 heteroatoms. The van der Waals surface area contributed by atoms with Crippen LogP contribution in [-0.2, 0) is 10.0 Å². The Hall–Kier alpha value is -1.81. The van der Waals surface area contributed by atoms with Gasteiger partial charge in [0.15, 0.2) is 0 Å². The highest BCUT2D eigenvalue weighted by Gasteiger charge is 2.13. The van der Waals surface area contributed by atoms with E-state index < -0.39 is 14.9 Å². The van der Waals surface area contributed by atoms with Crippen LogP contribution >= 0.6 is 0 Å². The van der Waals surface area contributed by atoms with Crippen molar-refractivity contribution in [3.8, 4) is 0 Å². The Balaban J connectivity index is 2.52. The van der Waals surface area contributed by atoms with Crippen molar-refractivity contribution in [1.29, 1.82) is 0 Å². The van der Waals surface area contributed by atoms with E-state index in [2.05, 4.69) is 15.3 Å². The molecular formula is C8H13N5O4S. The number of anilines is 1. The van der Waals surface area contributed by atoms with Crippen molar-refractivity contribution in [2.24, 2.45) is 0 Å². The fourth-order valence-electron chi connectivity index (χ4n) is 0.981. The largest absolute Gasteiger partial charge is 0.353 e. The summed E-state index contributed by atoms with van der Waals surface area (Å²) in [6.45, 7) is 0.123. The minimum absolute atomic E-state index is 0.111. The second-order valence-electron chi connectivity index (χ2n) is 3.55. The molecule has 0 aromatic carbocycles. The Morgan fingerprint density at radius 1 is 1.39 bits per heavy atom. The van der Waals surface area contributed by atoms with Gasteiger partial charge in [-0.05, 0) is 0 Å². The molecule has 1 rings (SSSR count). The Labute approximate surface area is 104 Å². The highest BCUT2D eigenvalue weighted by atomic mass is 32.2. The van der Waals surface area contributed by atoms with Crippen LogP contribution in [0.1, 0.15) is 0 Å². The van der Waals surface area contributed by atoms with Gasteiger partial charge in [-0.3, -0.25) is 10.1 Å². The number of hydrogen-bond donors (Lipinski definition) is 1. The molecule has 0 spiro atoms. The topological polar surface area (TPSA) is 118 Å². The normalized spacial score (nSPS) is 11.5. The van der Waals surface area contributed by atoms with Crippen LogP contribution in [0.25, 0.3) is 0 Å². The molecule has 0 unspecified atom stereocenters. The van der Waals surface area contributed by atoms with Crippen LogP contribution in [0.4, 0.5) is 11.6 Å². The lowest BCUT2D eigenvalue weighted by Gasteiger charge is -2.11. The van der Waals surface area contributed by atoms with Gasteiger partial charge in [0.05, 0.1) is 10.7 Å². The van der Waals surface area contributed by atoms with Gasteiger partial charge in [0.25, 0.3) is 0 Å². The molecule has 1 aromatic rings. The molecule has 100 valence electrons. The summed E-state index contributed by atoms with van der Waals surface area (Å²) in [5.41, 5.74) is -0.221. The molecule has 0 radical (unpaired) electrons. The van der Waals surface area contributed by atoms with Crippen molar-refractivity contribution in [2.45, 2.75) is 0 Å². The zero-order valence-corrected chi connectivity index (χ0v) is 10.7. The lowest BCUT2D eigenvalue weighted by Crippen LogP contribution is -2.28. The number of sulfonamides is 1. The van der Waals surface area contributed by atoms with E-state index >= 15 is 0 Å². The minimum atomic E-state index is -3.28. The first kappa shape index (κ1) is 14.3. The third-order valence-electron chi connectivity index (χ3n) is 2.05. The predicted molar refractivity (Wildman–Crippen MR) is 64.6 cm³/mol. The van der Waals surface area contributed by atoms with Gasteiger partial charge in [0, 0.05) is 20.6 Å². The molecule has 1 heterocycles. The number of hydrogen-bond acceptors (Lipinski definition) is 7. The Bertz CT molecular complexity index is 513. The van der Waals surface area contributed by atoms with E-state index in [9.17, 15) is 18.5 Å². The summed E-state index contributed by atoms with van der Waals surface area (Å²) >= 11 is 0. The molecule has 0 bridgehead atoms. The second-order valence-corrected chi connectivity index (χ2v) is 5.85. The summed E-state index contributed by atoms with van der Waals surface area (Å²) in [6.07, 6.45) is 2.10. The highest BCUT2D eigenvalue weighted by molar-refractivity contribution is 7.89. The molecule has 0 aliphatic carbocycles. The Morgan fingerprint density at radius 3 is 2.39 bits per heavy atom. The van der Waals surface area contributed by atoms with E-state index in [0.29, 0.717) is 0 Å². The number of nitrogens with zero attached hydrogens (tertiary/aromatic N) is 4. The summed E-state index contributed by atoms with van der Waals surface area (Å²) in [7, 11) is -0.399.